The summed E-state index contributed by atoms with van der Waals surface area (Å²) in [6.07, 6.45) is 1.73. The second kappa shape index (κ2) is 4.72. The maximum atomic E-state index is 11.2. The van der Waals surface area contributed by atoms with Gasteiger partial charge in [-0.15, -0.1) is 0 Å². The third kappa shape index (κ3) is 2.72. The number of hydrogen-bond donors (Lipinski definition) is 0. The van der Waals surface area contributed by atoms with Crippen LogP contribution in [0.4, 0.5) is 0 Å². The molecule has 0 fully saturated rings. The first kappa shape index (κ1) is 13.1. The van der Waals surface area contributed by atoms with Gasteiger partial charge in [-0.1, -0.05) is 18.2 Å². The number of rotatable bonds is 4. The van der Waals surface area contributed by atoms with E-state index in [0.29, 0.717) is 6.42 Å². The van der Waals surface area contributed by atoms with Crippen LogP contribution in [0.1, 0.15) is 25.6 Å². The van der Waals surface area contributed by atoms with Crippen molar-refractivity contribution in [3.8, 4) is 0 Å². The minimum Gasteiger partial charge on any atom is -0.262 e. The van der Waals surface area contributed by atoms with Gasteiger partial charge in [-0.2, -0.15) is 5.10 Å². The Morgan fingerprint density at radius 1 is 1.28 bits per heavy atom. The van der Waals surface area contributed by atoms with E-state index in [1.807, 2.05) is 28.9 Å². The van der Waals surface area contributed by atoms with Crippen LogP contribution in [-0.2, 0) is 16.3 Å². The number of sulfone groups is 1. The van der Waals surface area contributed by atoms with Gasteiger partial charge in [0.1, 0.15) is 9.84 Å². The number of nitrogens with zero attached hydrogens (tertiary/aromatic N) is 2. The number of fused-ring (bicyclic) bond motifs is 1. The molecule has 1 aromatic heterocycles. The number of hydrogen-bond acceptors (Lipinski definition) is 3. The first-order valence-electron chi connectivity index (χ1n) is 6.02. The summed E-state index contributed by atoms with van der Waals surface area (Å²) in [7, 11) is -2.95. The Balaban J connectivity index is 2.45. The molecule has 0 aliphatic rings. The van der Waals surface area contributed by atoms with Gasteiger partial charge in [0, 0.05) is 24.1 Å². The van der Waals surface area contributed by atoms with E-state index in [-0.39, 0.29) is 11.8 Å². The van der Waals surface area contributed by atoms with Crippen molar-refractivity contribution >= 4 is 20.7 Å². The molecule has 2 rings (SSSR count). The SMILES string of the molecule is CC(C)n1nc(CCS(C)(=O)=O)c2ccccc21. The number of benzene rings is 1. The van der Waals surface area contributed by atoms with Gasteiger partial charge in [0.05, 0.1) is 17.0 Å². The average Bonchev–Trinajstić information content (AvgIpc) is 2.64. The largest absolute Gasteiger partial charge is 0.262 e. The maximum Gasteiger partial charge on any atom is 0.147 e. The molecule has 98 valence electrons. The topological polar surface area (TPSA) is 52.0 Å². The Bertz CT molecular complexity index is 657. The van der Waals surface area contributed by atoms with Gasteiger partial charge < -0.3 is 0 Å². The van der Waals surface area contributed by atoms with Crippen molar-refractivity contribution in [2.24, 2.45) is 0 Å². The summed E-state index contributed by atoms with van der Waals surface area (Å²) in [6, 6.07) is 8.22. The van der Waals surface area contributed by atoms with Crippen LogP contribution < -0.4 is 0 Å². The molecule has 18 heavy (non-hydrogen) atoms. The van der Waals surface area contributed by atoms with Gasteiger partial charge in [-0.3, -0.25) is 4.68 Å². The summed E-state index contributed by atoms with van der Waals surface area (Å²) in [5.74, 6) is 0.145. The Morgan fingerprint density at radius 2 is 1.94 bits per heavy atom. The number of para-hydroxylation sites is 1. The van der Waals surface area contributed by atoms with E-state index < -0.39 is 9.84 Å². The molecule has 0 saturated carbocycles. The molecule has 0 bridgehead atoms. The van der Waals surface area contributed by atoms with Gasteiger partial charge >= 0.3 is 0 Å². The lowest BCUT2D eigenvalue weighted by Gasteiger charge is -2.06. The van der Waals surface area contributed by atoms with Crippen LogP contribution in [0.25, 0.3) is 10.9 Å². The molecular formula is C13H18N2O2S. The van der Waals surface area contributed by atoms with Gasteiger partial charge in [0.25, 0.3) is 0 Å². The van der Waals surface area contributed by atoms with E-state index in [9.17, 15) is 8.42 Å². The van der Waals surface area contributed by atoms with E-state index in [1.54, 1.807) is 0 Å². The molecular weight excluding hydrogens is 248 g/mol. The smallest absolute Gasteiger partial charge is 0.147 e. The van der Waals surface area contributed by atoms with Crippen LogP contribution in [0.2, 0.25) is 0 Å². The minimum atomic E-state index is -2.95. The van der Waals surface area contributed by atoms with Crippen molar-refractivity contribution in [1.82, 2.24) is 9.78 Å². The first-order chi connectivity index (χ1) is 8.38. The monoisotopic (exact) mass is 266 g/mol. The van der Waals surface area contributed by atoms with Gasteiger partial charge in [0.2, 0.25) is 0 Å². The fourth-order valence-electron chi connectivity index (χ4n) is 2.02. The van der Waals surface area contributed by atoms with Crippen LogP contribution in [0.5, 0.6) is 0 Å². The highest BCUT2D eigenvalue weighted by atomic mass is 32.2. The lowest BCUT2D eigenvalue weighted by atomic mass is 10.2. The van der Waals surface area contributed by atoms with Crippen molar-refractivity contribution < 1.29 is 8.42 Å². The molecule has 0 spiro atoms. The first-order valence-corrected chi connectivity index (χ1v) is 8.08. The molecule has 4 nitrogen and oxygen atoms in total. The van der Waals surface area contributed by atoms with E-state index in [0.717, 1.165) is 16.6 Å². The van der Waals surface area contributed by atoms with Crippen LogP contribution >= 0.6 is 0 Å². The summed E-state index contributed by atoms with van der Waals surface area (Å²) >= 11 is 0. The molecule has 1 aromatic carbocycles. The van der Waals surface area contributed by atoms with Gasteiger partial charge in [0.15, 0.2) is 0 Å². The highest BCUT2D eigenvalue weighted by molar-refractivity contribution is 7.90. The Hall–Kier alpha value is -1.36. The predicted octanol–water partition coefficient (Wildman–Crippen LogP) is 2.20. The highest BCUT2D eigenvalue weighted by Gasteiger charge is 2.13. The van der Waals surface area contributed by atoms with Crippen LogP contribution in [0.15, 0.2) is 24.3 Å². The fourth-order valence-corrected chi connectivity index (χ4v) is 2.58. The third-order valence-electron chi connectivity index (χ3n) is 2.89. The van der Waals surface area contributed by atoms with E-state index in [4.69, 9.17) is 0 Å². The average molecular weight is 266 g/mol. The summed E-state index contributed by atoms with van der Waals surface area (Å²) in [5, 5.41) is 5.59. The third-order valence-corrected chi connectivity index (χ3v) is 3.83. The summed E-state index contributed by atoms with van der Waals surface area (Å²) in [5.41, 5.74) is 1.93. The molecule has 0 atom stereocenters. The molecule has 0 N–H and O–H groups in total. The zero-order valence-electron chi connectivity index (χ0n) is 10.9. The van der Waals surface area contributed by atoms with Crippen LogP contribution in [-0.4, -0.2) is 30.2 Å². The van der Waals surface area contributed by atoms with Crippen molar-refractivity contribution in [1.29, 1.82) is 0 Å². The van der Waals surface area contributed by atoms with Crippen LogP contribution in [0.3, 0.4) is 0 Å². The summed E-state index contributed by atoms with van der Waals surface area (Å²) in [6.45, 7) is 4.14. The summed E-state index contributed by atoms with van der Waals surface area (Å²) < 4.78 is 24.4. The van der Waals surface area contributed by atoms with E-state index >= 15 is 0 Å². The molecule has 5 heteroatoms. The van der Waals surface area contributed by atoms with Crippen molar-refractivity contribution in [3.05, 3.63) is 30.0 Å². The van der Waals surface area contributed by atoms with Crippen molar-refractivity contribution in [3.63, 3.8) is 0 Å². The van der Waals surface area contributed by atoms with Crippen LogP contribution in [0, 0.1) is 0 Å². The zero-order chi connectivity index (χ0) is 13.3. The minimum absolute atomic E-state index is 0.145. The Morgan fingerprint density at radius 3 is 2.56 bits per heavy atom. The number of aryl methyl sites for hydroxylation is 1. The van der Waals surface area contributed by atoms with Crippen molar-refractivity contribution in [2.75, 3.05) is 12.0 Å². The Labute approximate surface area is 108 Å². The Kier molecular flexibility index (Phi) is 3.43. The molecule has 0 unspecified atom stereocenters. The van der Waals surface area contributed by atoms with Gasteiger partial charge in [-0.05, 0) is 19.9 Å². The second-order valence-corrected chi connectivity index (χ2v) is 7.14. The fraction of sp³-hybridized carbons (Fsp3) is 0.462. The molecule has 2 aromatic rings. The highest BCUT2D eigenvalue weighted by Crippen LogP contribution is 2.22. The number of aromatic nitrogens is 2. The summed E-state index contributed by atoms with van der Waals surface area (Å²) in [4.78, 5) is 0. The van der Waals surface area contributed by atoms with Crippen molar-refractivity contribution in [2.45, 2.75) is 26.3 Å². The van der Waals surface area contributed by atoms with E-state index in [1.165, 1.54) is 6.26 Å². The lowest BCUT2D eigenvalue weighted by molar-refractivity contribution is 0.544. The molecule has 0 aliphatic heterocycles. The molecule has 0 aliphatic carbocycles. The standard InChI is InChI=1S/C13H18N2O2S/c1-10(2)15-13-7-5-4-6-11(13)12(14-15)8-9-18(3,16)17/h4-7,10H,8-9H2,1-3H3. The molecule has 0 amide bonds. The zero-order valence-corrected chi connectivity index (χ0v) is 11.7. The van der Waals surface area contributed by atoms with Gasteiger partial charge in [-0.25, -0.2) is 8.42 Å². The normalized spacial score (nSPS) is 12.4. The lowest BCUT2D eigenvalue weighted by Crippen LogP contribution is -2.08. The molecule has 1 heterocycles. The second-order valence-electron chi connectivity index (χ2n) is 4.88. The molecule has 0 radical (unpaired) electrons. The quantitative estimate of drug-likeness (QED) is 0.852. The maximum absolute atomic E-state index is 11.2. The predicted molar refractivity (Wildman–Crippen MR) is 73.5 cm³/mol. The molecule has 0 saturated heterocycles. The van der Waals surface area contributed by atoms with E-state index in [2.05, 4.69) is 18.9 Å².